The molecule has 0 radical (unpaired) electrons. The number of aliphatic hydroxyl groups is 1. The van der Waals surface area contributed by atoms with Gasteiger partial charge in [0.15, 0.2) is 0 Å². The molecule has 110 valence electrons. The maximum absolute atomic E-state index is 9.55. The minimum atomic E-state index is -1.26. The van der Waals surface area contributed by atoms with Gasteiger partial charge in [0.2, 0.25) is 0 Å². The van der Waals surface area contributed by atoms with Gasteiger partial charge in [-0.05, 0) is 40.5 Å². The van der Waals surface area contributed by atoms with E-state index in [1.165, 1.54) is 0 Å². The molecule has 0 unspecified atom stereocenters. The number of aliphatic carboxylic acids is 2. The number of hydrogen-bond donors (Lipinski definition) is 4. The third-order valence-electron chi connectivity index (χ3n) is 2.54. The molecule has 0 aromatic carbocycles. The van der Waals surface area contributed by atoms with E-state index >= 15 is 0 Å². The van der Waals surface area contributed by atoms with Crippen LogP contribution in [0.15, 0.2) is 12.2 Å². The Balaban J connectivity index is 0.000000362. The Bertz CT molecular complexity index is 328. The van der Waals surface area contributed by atoms with Gasteiger partial charge < -0.3 is 20.6 Å². The molecule has 0 amide bonds. The van der Waals surface area contributed by atoms with Crippen LogP contribution in [-0.4, -0.2) is 44.4 Å². The quantitative estimate of drug-likeness (QED) is 0.559. The van der Waals surface area contributed by atoms with E-state index in [0.29, 0.717) is 12.2 Å². The zero-order chi connectivity index (χ0) is 15.3. The molecule has 0 aromatic heterocycles. The summed E-state index contributed by atoms with van der Waals surface area (Å²) in [5, 5.41) is 28.7. The maximum atomic E-state index is 9.55. The van der Waals surface area contributed by atoms with Crippen LogP contribution in [0.4, 0.5) is 0 Å². The van der Waals surface area contributed by atoms with Crippen LogP contribution in [0.3, 0.4) is 0 Å². The molecule has 1 fully saturated rings. The average molecular weight is 273 g/mol. The molecular formula is C13H23NO5. The molecule has 1 rings (SSSR count). The van der Waals surface area contributed by atoms with Crippen molar-refractivity contribution in [2.24, 2.45) is 0 Å². The second-order valence-corrected chi connectivity index (χ2v) is 5.96. The zero-order valence-corrected chi connectivity index (χ0v) is 11.8. The molecule has 19 heavy (non-hydrogen) atoms. The molecule has 4 N–H and O–H groups in total. The molecular weight excluding hydrogens is 250 g/mol. The van der Waals surface area contributed by atoms with Crippen LogP contribution in [0.5, 0.6) is 0 Å². The van der Waals surface area contributed by atoms with E-state index in [-0.39, 0.29) is 17.2 Å². The molecule has 0 atom stereocenters. The highest BCUT2D eigenvalue weighted by Crippen LogP contribution is 2.27. The van der Waals surface area contributed by atoms with E-state index in [9.17, 15) is 14.7 Å². The lowest BCUT2D eigenvalue weighted by atomic mass is 9.81. The maximum Gasteiger partial charge on any atom is 0.328 e. The van der Waals surface area contributed by atoms with E-state index in [4.69, 9.17) is 10.2 Å². The number of nitrogens with one attached hydrogen (secondary N) is 1. The van der Waals surface area contributed by atoms with E-state index in [2.05, 4.69) is 33.0 Å². The minimum Gasteiger partial charge on any atom is -0.478 e. The lowest BCUT2D eigenvalue weighted by Crippen LogP contribution is -2.59. The van der Waals surface area contributed by atoms with Crippen molar-refractivity contribution in [3.8, 4) is 0 Å². The fraction of sp³-hybridized carbons (Fsp3) is 0.692. The molecule has 1 heterocycles. The molecule has 0 saturated carbocycles. The van der Waals surface area contributed by atoms with Crippen LogP contribution in [0.1, 0.15) is 40.5 Å². The van der Waals surface area contributed by atoms with Gasteiger partial charge in [0, 0.05) is 23.2 Å². The average Bonchev–Trinajstić information content (AvgIpc) is 2.09. The number of piperidine rings is 1. The molecule has 1 saturated heterocycles. The molecule has 0 aromatic rings. The largest absolute Gasteiger partial charge is 0.478 e. The summed E-state index contributed by atoms with van der Waals surface area (Å²) in [4.78, 5) is 19.1. The summed E-state index contributed by atoms with van der Waals surface area (Å²) in [6.45, 7) is 8.54. The topological polar surface area (TPSA) is 107 Å². The summed E-state index contributed by atoms with van der Waals surface area (Å²) in [6.07, 6.45) is 2.69. The summed E-state index contributed by atoms with van der Waals surface area (Å²) in [5.41, 5.74) is 0.169. The third kappa shape index (κ3) is 9.21. The van der Waals surface area contributed by atoms with Gasteiger partial charge in [-0.15, -0.1) is 0 Å². The van der Waals surface area contributed by atoms with E-state index < -0.39 is 11.9 Å². The van der Waals surface area contributed by atoms with Crippen LogP contribution in [0, 0.1) is 0 Å². The van der Waals surface area contributed by atoms with Crippen molar-refractivity contribution >= 4 is 11.9 Å². The van der Waals surface area contributed by atoms with Gasteiger partial charge in [0.05, 0.1) is 6.10 Å². The van der Waals surface area contributed by atoms with Crippen molar-refractivity contribution in [2.75, 3.05) is 0 Å². The van der Waals surface area contributed by atoms with Crippen molar-refractivity contribution in [1.29, 1.82) is 0 Å². The first-order chi connectivity index (χ1) is 8.43. The van der Waals surface area contributed by atoms with Crippen LogP contribution in [-0.2, 0) is 9.59 Å². The lowest BCUT2D eigenvalue weighted by Gasteiger charge is -2.44. The van der Waals surface area contributed by atoms with Crippen LogP contribution in [0.25, 0.3) is 0 Å². The number of hydrogen-bond acceptors (Lipinski definition) is 4. The molecule has 0 aliphatic carbocycles. The van der Waals surface area contributed by atoms with Crippen LogP contribution < -0.4 is 5.32 Å². The smallest absolute Gasteiger partial charge is 0.328 e. The predicted octanol–water partition coefficient (Wildman–Crippen LogP) is 1.000. The van der Waals surface area contributed by atoms with Crippen LogP contribution >= 0.6 is 0 Å². The zero-order valence-electron chi connectivity index (χ0n) is 11.8. The van der Waals surface area contributed by atoms with Crippen molar-refractivity contribution in [3.63, 3.8) is 0 Å². The molecule has 1 aliphatic heterocycles. The number of carboxylic acid groups (broad SMARTS) is 2. The second-order valence-electron chi connectivity index (χ2n) is 5.96. The van der Waals surface area contributed by atoms with E-state index in [0.717, 1.165) is 12.8 Å². The number of carbonyl (C=O) groups is 2. The number of carboxylic acids is 2. The standard InChI is InChI=1S/C9H19NO.C4H4O4/c1-8(2)5-7(11)6-9(3,4)10-8;5-3(6)1-2-4(7)8/h7,10-11H,5-6H2,1-4H3;1-2H,(H,5,6)(H,7,8)/b;2-1-. The summed E-state index contributed by atoms with van der Waals surface area (Å²) in [7, 11) is 0. The summed E-state index contributed by atoms with van der Waals surface area (Å²) in [6, 6.07) is 0. The van der Waals surface area contributed by atoms with Gasteiger partial charge in [-0.3, -0.25) is 0 Å². The third-order valence-corrected chi connectivity index (χ3v) is 2.54. The normalized spacial score (nSPS) is 21.5. The predicted molar refractivity (Wildman–Crippen MR) is 70.9 cm³/mol. The lowest BCUT2D eigenvalue weighted by molar-refractivity contribution is -0.134. The highest BCUT2D eigenvalue weighted by Gasteiger charge is 2.36. The Morgan fingerprint density at radius 2 is 1.32 bits per heavy atom. The summed E-state index contributed by atoms with van der Waals surface area (Å²) >= 11 is 0. The minimum absolute atomic E-state index is 0.0845. The Labute approximate surface area is 113 Å². The summed E-state index contributed by atoms with van der Waals surface area (Å²) < 4.78 is 0. The monoisotopic (exact) mass is 273 g/mol. The van der Waals surface area contributed by atoms with Crippen molar-refractivity contribution < 1.29 is 24.9 Å². The van der Waals surface area contributed by atoms with Crippen molar-refractivity contribution in [2.45, 2.75) is 57.7 Å². The number of aliphatic hydroxyl groups excluding tert-OH is 1. The molecule has 6 heteroatoms. The van der Waals surface area contributed by atoms with Crippen molar-refractivity contribution in [1.82, 2.24) is 5.32 Å². The first-order valence-corrected chi connectivity index (χ1v) is 6.05. The van der Waals surface area contributed by atoms with Gasteiger partial charge in [-0.1, -0.05) is 0 Å². The van der Waals surface area contributed by atoms with Crippen molar-refractivity contribution in [3.05, 3.63) is 12.2 Å². The molecule has 0 spiro atoms. The van der Waals surface area contributed by atoms with Gasteiger partial charge in [0.1, 0.15) is 0 Å². The Hall–Kier alpha value is -1.40. The Kier molecular flexibility index (Phi) is 6.18. The van der Waals surface area contributed by atoms with Gasteiger partial charge in [-0.25, -0.2) is 9.59 Å². The second kappa shape index (κ2) is 6.68. The highest BCUT2D eigenvalue weighted by atomic mass is 16.4. The first-order valence-electron chi connectivity index (χ1n) is 6.05. The molecule has 1 aliphatic rings. The first kappa shape index (κ1) is 17.6. The van der Waals surface area contributed by atoms with Gasteiger partial charge >= 0.3 is 11.9 Å². The van der Waals surface area contributed by atoms with Gasteiger partial charge in [-0.2, -0.15) is 0 Å². The van der Waals surface area contributed by atoms with E-state index in [1.807, 2.05) is 0 Å². The van der Waals surface area contributed by atoms with E-state index in [1.54, 1.807) is 0 Å². The Morgan fingerprint density at radius 1 is 1.00 bits per heavy atom. The fourth-order valence-corrected chi connectivity index (χ4v) is 2.41. The molecule has 0 bridgehead atoms. The Morgan fingerprint density at radius 3 is 1.53 bits per heavy atom. The van der Waals surface area contributed by atoms with Crippen LogP contribution in [0.2, 0.25) is 0 Å². The fourth-order valence-electron chi connectivity index (χ4n) is 2.41. The summed E-state index contributed by atoms with van der Waals surface area (Å²) in [5.74, 6) is -2.51. The SMILES string of the molecule is CC1(C)CC(O)CC(C)(C)N1.O=C(O)/C=C\C(=O)O. The molecule has 6 nitrogen and oxygen atoms in total. The number of rotatable bonds is 2. The highest BCUT2D eigenvalue weighted by molar-refractivity contribution is 5.89. The van der Waals surface area contributed by atoms with Gasteiger partial charge in [0.25, 0.3) is 0 Å².